The lowest BCUT2D eigenvalue weighted by Crippen LogP contribution is -2.25. The molecule has 0 amide bonds. The van der Waals surface area contributed by atoms with Gasteiger partial charge in [-0.15, -0.1) is 0 Å². The summed E-state index contributed by atoms with van der Waals surface area (Å²) in [5.74, 6) is 0.136. The molecule has 0 aliphatic heterocycles. The maximum atomic E-state index is 12.4. The highest BCUT2D eigenvalue weighted by Gasteiger charge is 2.28. The molecule has 1 aromatic carbocycles. The Hall–Kier alpha value is -2.10. The number of imidazole rings is 1. The number of Topliss-reactive ketones (excluding diaryl/α,β-unsaturated/α-hetero) is 1. The first-order chi connectivity index (χ1) is 8.25. The molecule has 3 rings (SSSR count). The number of hydrogen-bond acceptors (Lipinski definition) is 3. The van der Waals surface area contributed by atoms with Crippen LogP contribution in [0.15, 0.2) is 36.9 Å². The van der Waals surface area contributed by atoms with Gasteiger partial charge in [0.2, 0.25) is 0 Å². The molecule has 4 nitrogen and oxygen atoms in total. The monoisotopic (exact) mass is 227 g/mol. The number of fused-ring (bicyclic) bond motifs is 1. The smallest absolute Gasteiger partial charge is 0.185 e. The summed E-state index contributed by atoms with van der Waals surface area (Å²) in [6.07, 6.45) is 6.96. The van der Waals surface area contributed by atoms with Gasteiger partial charge in [-0.3, -0.25) is 4.79 Å². The largest absolute Gasteiger partial charge is 0.399 e. The molecule has 2 N–H and O–H groups in total. The van der Waals surface area contributed by atoms with Gasteiger partial charge >= 0.3 is 0 Å². The van der Waals surface area contributed by atoms with E-state index in [-0.39, 0.29) is 11.8 Å². The molecule has 1 aliphatic rings. The number of nitrogens with two attached hydrogens (primary N) is 1. The second-order valence-electron chi connectivity index (χ2n) is 4.35. The topological polar surface area (TPSA) is 60.9 Å². The van der Waals surface area contributed by atoms with Crippen molar-refractivity contribution in [1.29, 1.82) is 0 Å². The fraction of sp³-hybridized carbons (Fsp3) is 0.231. The molecule has 0 saturated carbocycles. The molecule has 17 heavy (non-hydrogen) atoms. The van der Waals surface area contributed by atoms with Crippen molar-refractivity contribution in [2.24, 2.45) is 0 Å². The van der Waals surface area contributed by atoms with Crippen LogP contribution in [-0.2, 0) is 6.42 Å². The summed E-state index contributed by atoms with van der Waals surface area (Å²) in [6, 6.07) is 5.45. The van der Waals surface area contributed by atoms with Crippen LogP contribution in [0.2, 0.25) is 0 Å². The van der Waals surface area contributed by atoms with E-state index < -0.39 is 0 Å². The SMILES string of the molecule is Nc1ccc2c(c1)C(=O)C(n1ccnc1)CC2. The van der Waals surface area contributed by atoms with Crippen LogP contribution in [0.25, 0.3) is 0 Å². The lowest BCUT2D eigenvalue weighted by molar-refractivity contribution is 0.0908. The average molecular weight is 227 g/mol. The molecule has 0 fully saturated rings. The van der Waals surface area contributed by atoms with Gasteiger partial charge in [0.15, 0.2) is 5.78 Å². The summed E-state index contributed by atoms with van der Waals surface area (Å²) in [7, 11) is 0. The summed E-state index contributed by atoms with van der Waals surface area (Å²) >= 11 is 0. The number of nitrogens with zero attached hydrogens (tertiary/aromatic N) is 2. The third-order valence-corrected chi connectivity index (χ3v) is 3.27. The molecule has 4 heteroatoms. The van der Waals surface area contributed by atoms with Gasteiger partial charge in [0.05, 0.1) is 12.4 Å². The number of rotatable bonds is 1. The zero-order valence-corrected chi connectivity index (χ0v) is 9.34. The number of benzene rings is 1. The fourth-order valence-corrected chi connectivity index (χ4v) is 2.38. The number of anilines is 1. The number of carbonyl (C=O) groups is 1. The molecule has 1 unspecified atom stereocenters. The summed E-state index contributed by atoms with van der Waals surface area (Å²) in [5.41, 5.74) is 8.24. The number of carbonyl (C=O) groups excluding carboxylic acids is 1. The van der Waals surface area contributed by atoms with E-state index in [9.17, 15) is 4.79 Å². The normalized spacial score (nSPS) is 19.1. The molecule has 0 saturated heterocycles. The Morgan fingerprint density at radius 1 is 1.41 bits per heavy atom. The van der Waals surface area contributed by atoms with Gasteiger partial charge in [0, 0.05) is 23.6 Å². The molecule has 1 atom stereocenters. The molecule has 1 heterocycles. The number of aromatic nitrogens is 2. The van der Waals surface area contributed by atoms with Crippen molar-refractivity contribution < 1.29 is 4.79 Å². The Labute approximate surface area is 99.1 Å². The second-order valence-corrected chi connectivity index (χ2v) is 4.35. The second kappa shape index (κ2) is 3.73. The van der Waals surface area contributed by atoms with E-state index in [1.165, 1.54) is 0 Å². The minimum absolute atomic E-state index is 0.133. The quantitative estimate of drug-likeness (QED) is 0.756. The van der Waals surface area contributed by atoms with Gasteiger partial charge in [-0.1, -0.05) is 6.07 Å². The Morgan fingerprint density at radius 3 is 3.06 bits per heavy atom. The van der Waals surface area contributed by atoms with E-state index in [1.807, 2.05) is 22.9 Å². The molecule has 86 valence electrons. The Morgan fingerprint density at radius 2 is 2.29 bits per heavy atom. The van der Waals surface area contributed by atoms with Crippen LogP contribution in [0.3, 0.4) is 0 Å². The van der Waals surface area contributed by atoms with Crippen LogP contribution in [-0.4, -0.2) is 15.3 Å². The predicted molar refractivity (Wildman–Crippen MR) is 64.8 cm³/mol. The van der Waals surface area contributed by atoms with Crippen molar-refractivity contribution in [3.63, 3.8) is 0 Å². The number of ketones is 1. The third-order valence-electron chi connectivity index (χ3n) is 3.27. The van der Waals surface area contributed by atoms with Crippen LogP contribution < -0.4 is 5.73 Å². The van der Waals surface area contributed by atoms with Crippen LogP contribution in [0, 0.1) is 0 Å². The zero-order valence-electron chi connectivity index (χ0n) is 9.34. The maximum absolute atomic E-state index is 12.4. The van der Waals surface area contributed by atoms with Crippen LogP contribution >= 0.6 is 0 Å². The predicted octanol–water partition coefficient (Wildman–Crippen LogP) is 1.84. The summed E-state index contributed by atoms with van der Waals surface area (Å²) < 4.78 is 1.87. The van der Waals surface area contributed by atoms with Crippen LogP contribution in [0.4, 0.5) is 5.69 Å². The van der Waals surface area contributed by atoms with Gasteiger partial charge in [0.1, 0.15) is 0 Å². The fourth-order valence-electron chi connectivity index (χ4n) is 2.38. The van der Waals surface area contributed by atoms with E-state index in [2.05, 4.69) is 4.98 Å². The highest BCUT2D eigenvalue weighted by Crippen LogP contribution is 2.29. The first kappa shape index (κ1) is 10.1. The van der Waals surface area contributed by atoms with Crippen LogP contribution in [0.5, 0.6) is 0 Å². The first-order valence-electron chi connectivity index (χ1n) is 5.66. The van der Waals surface area contributed by atoms with Gasteiger partial charge in [-0.05, 0) is 30.5 Å². The van der Waals surface area contributed by atoms with E-state index >= 15 is 0 Å². The molecule has 0 radical (unpaired) electrons. The molecular weight excluding hydrogens is 214 g/mol. The van der Waals surface area contributed by atoms with E-state index in [0.29, 0.717) is 5.69 Å². The number of nitrogen functional groups attached to an aromatic ring is 1. The lowest BCUT2D eigenvalue weighted by Gasteiger charge is -2.24. The summed E-state index contributed by atoms with van der Waals surface area (Å²) in [6.45, 7) is 0. The highest BCUT2D eigenvalue weighted by atomic mass is 16.1. The van der Waals surface area contributed by atoms with Crippen molar-refractivity contribution in [3.05, 3.63) is 48.0 Å². The van der Waals surface area contributed by atoms with Crippen molar-refractivity contribution in [2.75, 3.05) is 5.73 Å². The average Bonchev–Trinajstić information content (AvgIpc) is 2.84. The van der Waals surface area contributed by atoms with Crippen molar-refractivity contribution in [1.82, 2.24) is 9.55 Å². The molecule has 0 spiro atoms. The molecule has 0 bridgehead atoms. The summed E-state index contributed by atoms with van der Waals surface area (Å²) in [4.78, 5) is 16.4. The standard InChI is InChI=1S/C13H13N3O/c14-10-3-1-9-2-4-12(13(17)11(9)7-10)16-6-5-15-8-16/h1,3,5-8,12H,2,4,14H2. The van der Waals surface area contributed by atoms with Gasteiger partial charge < -0.3 is 10.3 Å². The molecule has 1 aliphatic carbocycles. The lowest BCUT2D eigenvalue weighted by atomic mass is 9.87. The molecular formula is C13H13N3O. The van der Waals surface area contributed by atoms with E-state index in [1.54, 1.807) is 18.6 Å². The Bertz CT molecular complexity index is 560. The van der Waals surface area contributed by atoms with Crippen molar-refractivity contribution >= 4 is 11.5 Å². The van der Waals surface area contributed by atoms with Gasteiger partial charge in [-0.2, -0.15) is 0 Å². The van der Waals surface area contributed by atoms with Gasteiger partial charge in [0.25, 0.3) is 0 Å². The molecule has 2 aromatic rings. The van der Waals surface area contributed by atoms with Crippen molar-refractivity contribution in [3.8, 4) is 0 Å². The minimum atomic E-state index is -0.133. The minimum Gasteiger partial charge on any atom is -0.399 e. The Kier molecular flexibility index (Phi) is 2.21. The third kappa shape index (κ3) is 1.62. The number of hydrogen-bond donors (Lipinski definition) is 1. The van der Waals surface area contributed by atoms with Gasteiger partial charge in [-0.25, -0.2) is 4.98 Å². The number of aryl methyl sites for hydroxylation is 1. The van der Waals surface area contributed by atoms with Crippen LogP contribution in [0.1, 0.15) is 28.4 Å². The zero-order chi connectivity index (χ0) is 11.8. The molecule has 1 aromatic heterocycles. The Balaban J connectivity index is 2.03. The maximum Gasteiger partial charge on any atom is 0.185 e. The van der Waals surface area contributed by atoms with E-state index in [0.717, 1.165) is 24.0 Å². The van der Waals surface area contributed by atoms with Crippen molar-refractivity contribution in [2.45, 2.75) is 18.9 Å². The first-order valence-corrected chi connectivity index (χ1v) is 5.66. The van der Waals surface area contributed by atoms with E-state index in [4.69, 9.17) is 5.73 Å². The summed E-state index contributed by atoms with van der Waals surface area (Å²) in [5, 5.41) is 0. The highest BCUT2D eigenvalue weighted by molar-refractivity contribution is 6.02.